The monoisotopic (exact) mass is 234 g/mol. The summed E-state index contributed by atoms with van der Waals surface area (Å²) in [6, 6.07) is 0. The molecular formula is C16H26O. The van der Waals surface area contributed by atoms with Gasteiger partial charge in [0.25, 0.3) is 0 Å². The summed E-state index contributed by atoms with van der Waals surface area (Å²) in [6.45, 7) is 8.01. The Kier molecular flexibility index (Phi) is 2.66. The highest BCUT2D eigenvalue weighted by Gasteiger charge is 2.65. The lowest BCUT2D eigenvalue weighted by atomic mass is 9.70. The molecule has 0 aromatic heterocycles. The van der Waals surface area contributed by atoms with E-state index in [-0.39, 0.29) is 0 Å². The van der Waals surface area contributed by atoms with Crippen LogP contribution in [0, 0.1) is 17.3 Å². The second kappa shape index (κ2) is 3.85. The smallest absolute Gasteiger partial charge is 0.0949 e. The van der Waals surface area contributed by atoms with E-state index < -0.39 is 0 Å². The lowest BCUT2D eigenvalue weighted by Crippen LogP contribution is -2.35. The minimum absolute atomic E-state index is 0.340. The van der Waals surface area contributed by atoms with Crippen molar-refractivity contribution in [1.82, 2.24) is 0 Å². The Labute approximate surface area is 106 Å². The molecular weight excluding hydrogens is 208 g/mol. The highest BCUT2D eigenvalue weighted by molar-refractivity contribution is 5.15. The quantitative estimate of drug-likeness (QED) is 0.523. The van der Waals surface area contributed by atoms with Gasteiger partial charge in [-0.1, -0.05) is 31.4 Å². The predicted molar refractivity (Wildman–Crippen MR) is 70.9 cm³/mol. The highest BCUT2D eigenvalue weighted by atomic mass is 16.6. The molecule has 17 heavy (non-hydrogen) atoms. The average molecular weight is 234 g/mol. The third-order valence-corrected chi connectivity index (χ3v) is 5.56. The summed E-state index contributed by atoms with van der Waals surface area (Å²) in [7, 11) is 0. The van der Waals surface area contributed by atoms with Crippen LogP contribution < -0.4 is 0 Å². The van der Waals surface area contributed by atoms with E-state index in [9.17, 15) is 0 Å². The zero-order valence-corrected chi connectivity index (χ0v) is 11.6. The van der Waals surface area contributed by atoms with Crippen molar-refractivity contribution in [3.05, 3.63) is 11.6 Å². The standard InChI is InChI=1S/C16H26O/c1-12(2)7-8-13-10-15(13,3)14-6-4-5-9-16(14)11-17-16/h7,13-14H,4-6,8-11H2,1-3H3/t13-,14?,15?,16?/m0/s1. The molecule has 1 nitrogen and oxygen atoms in total. The van der Waals surface area contributed by atoms with Crippen LogP contribution in [0.5, 0.6) is 0 Å². The van der Waals surface area contributed by atoms with Crippen molar-refractivity contribution in [2.75, 3.05) is 6.61 Å². The summed E-state index contributed by atoms with van der Waals surface area (Å²) in [4.78, 5) is 0. The predicted octanol–water partition coefficient (Wildman–Crippen LogP) is 4.33. The fraction of sp³-hybridized carbons (Fsp3) is 0.875. The lowest BCUT2D eigenvalue weighted by molar-refractivity contribution is 0.0959. The maximum atomic E-state index is 5.87. The van der Waals surface area contributed by atoms with Crippen molar-refractivity contribution in [2.24, 2.45) is 17.3 Å². The summed E-state index contributed by atoms with van der Waals surface area (Å²) in [6.07, 6.45) is 10.7. The zero-order valence-electron chi connectivity index (χ0n) is 11.6. The Bertz CT molecular complexity index is 335. The van der Waals surface area contributed by atoms with Crippen LogP contribution in [0.3, 0.4) is 0 Å². The molecule has 1 heteroatoms. The molecule has 1 spiro atoms. The average Bonchev–Trinajstić information content (AvgIpc) is 3.17. The van der Waals surface area contributed by atoms with Gasteiger partial charge in [0.15, 0.2) is 0 Å². The van der Waals surface area contributed by atoms with Crippen LogP contribution in [0.15, 0.2) is 11.6 Å². The van der Waals surface area contributed by atoms with Crippen molar-refractivity contribution < 1.29 is 4.74 Å². The van der Waals surface area contributed by atoms with Gasteiger partial charge in [-0.25, -0.2) is 0 Å². The first kappa shape index (κ1) is 11.8. The van der Waals surface area contributed by atoms with Gasteiger partial charge in [0.2, 0.25) is 0 Å². The molecule has 96 valence electrons. The molecule has 3 rings (SSSR count). The van der Waals surface area contributed by atoms with Crippen LogP contribution in [-0.2, 0) is 4.74 Å². The number of ether oxygens (including phenoxy) is 1. The van der Waals surface area contributed by atoms with Gasteiger partial charge in [0.05, 0.1) is 12.2 Å². The molecule has 0 amide bonds. The maximum Gasteiger partial charge on any atom is 0.0949 e. The molecule has 4 atom stereocenters. The number of allylic oxidation sites excluding steroid dienone is 2. The van der Waals surface area contributed by atoms with Crippen molar-refractivity contribution in [1.29, 1.82) is 0 Å². The van der Waals surface area contributed by atoms with Gasteiger partial charge in [0.1, 0.15) is 0 Å². The highest BCUT2D eigenvalue weighted by Crippen LogP contribution is 2.67. The fourth-order valence-corrected chi connectivity index (χ4v) is 4.21. The minimum Gasteiger partial charge on any atom is -0.369 e. The number of rotatable bonds is 3. The van der Waals surface area contributed by atoms with Gasteiger partial charge in [-0.3, -0.25) is 0 Å². The van der Waals surface area contributed by atoms with E-state index in [1.807, 2.05) is 0 Å². The van der Waals surface area contributed by atoms with Crippen LogP contribution in [0.25, 0.3) is 0 Å². The van der Waals surface area contributed by atoms with Gasteiger partial charge >= 0.3 is 0 Å². The van der Waals surface area contributed by atoms with E-state index in [0.29, 0.717) is 11.0 Å². The lowest BCUT2D eigenvalue weighted by Gasteiger charge is -2.34. The van der Waals surface area contributed by atoms with E-state index in [1.165, 1.54) is 44.1 Å². The Morgan fingerprint density at radius 2 is 2.12 bits per heavy atom. The Balaban J connectivity index is 1.66. The van der Waals surface area contributed by atoms with Crippen molar-refractivity contribution in [3.63, 3.8) is 0 Å². The van der Waals surface area contributed by atoms with Crippen molar-refractivity contribution >= 4 is 0 Å². The summed E-state index contributed by atoms with van der Waals surface area (Å²) in [5.41, 5.74) is 2.41. The van der Waals surface area contributed by atoms with Gasteiger partial charge in [0, 0.05) is 0 Å². The van der Waals surface area contributed by atoms with Crippen molar-refractivity contribution in [3.8, 4) is 0 Å². The van der Waals surface area contributed by atoms with Crippen LogP contribution in [0.4, 0.5) is 0 Å². The first-order chi connectivity index (χ1) is 8.07. The van der Waals surface area contributed by atoms with E-state index in [1.54, 1.807) is 0 Å². The van der Waals surface area contributed by atoms with Crippen LogP contribution in [0.2, 0.25) is 0 Å². The molecule has 3 aliphatic rings. The van der Waals surface area contributed by atoms with Gasteiger partial charge in [-0.15, -0.1) is 0 Å². The van der Waals surface area contributed by atoms with Gasteiger partial charge in [-0.05, 0) is 56.8 Å². The molecule has 0 N–H and O–H groups in total. The molecule has 1 saturated heterocycles. The number of epoxide rings is 1. The zero-order chi connectivity index (χ0) is 12.1. The SMILES string of the molecule is CC(C)=CC[C@H]1CC1(C)C1CCCCC12CO2. The normalized spacial score (nSPS) is 47.9. The molecule has 1 heterocycles. The van der Waals surface area contributed by atoms with E-state index in [0.717, 1.165) is 18.4 Å². The summed E-state index contributed by atoms with van der Waals surface area (Å²) in [5, 5.41) is 0. The molecule has 3 fully saturated rings. The maximum absolute atomic E-state index is 5.87. The fourth-order valence-electron chi connectivity index (χ4n) is 4.21. The summed E-state index contributed by atoms with van der Waals surface area (Å²) < 4.78 is 5.87. The molecule has 2 aliphatic carbocycles. The second-order valence-electron chi connectivity index (χ2n) is 7.08. The molecule has 0 radical (unpaired) electrons. The van der Waals surface area contributed by atoms with Crippen LogP contribution >= 0.6 is 0 Å². The molecule has 1 aliphatic heterocycles. The topological polar surface area (TPSA) is 12.5 Å². The third-order valence-electron chi connectivity index (χ3n) is 5.56. The summed E-state index contributed by atoms with van der Waals surface area (Å²) >= 11 is 0. The molecule has 0 aromatic rings. The number of hydrogen-bond acceptors (Lipinski definition) is 1. The Morgan fingerprint density at radius 3 is 2.76 bits per heavy atom. The molecule has 0 bridgehead atoms. The van der Waals surface area contributed by atoms with Crippen LogP contribution in [0.1, 0.15) is 59.3 Å². The summed E-state index contributed by atoms with van der Waals surface area (Å²) in [5.74, 6) is 1.79. The Hall–Kier alpha value is -0.300. The van der Waals surface area contributed by atoms with Crippen LogP contribution in [-0.4, -0.2) is 12.2 Å². The Morgan fingerprint density at radius 1 is 1.35 bits per heavy atom. The van der Waals surface area contributed by atoms with Gasteiger partial charge < -0.3 is 4.74 Å². The molecule has 2 saturated carbocycles. The first-order valence-electron chi connectivity index (χ1n) is 7.34. The molecule has 3 unspecified atom stereocenters. The molecule has 0 aromatic carbocycles. The number of hydrogen-bond donors (Lipinski definition) is 0. The van der Waals surface area contributed by atoms with E-state index in [2.05, 4.69) is 26.8 Å². The van der Waals surface area contributed by atoms with Gasteiger partial charge in [-0.2, -0.15) is 0 Å². The first-order valence-corrected chi connectivity index (χ1v) is 7.34. The second-order valence-corrected chi connectivity index (χ2v) is 7.08. The van der Waals surface area contributed by atoms with Crippen molar-refractivity contribution in [2.45, 2.75) is 64.9 Å². The van der Waals surface area contributed by atoms with E-state index >= 15 is 0 Å². The largest absolute Gasteiger partial charge is 0.369 e. The minimum atomic E-state index is 0.340. The third kappa shape index (κ3) is 1.97. The van der Waals surface area contributed by atoms with E-state index in [4.69, 9.17) is 4.74 Å².